The first-order valence-electron chi connectivity index (χ1n) is 8.95. The maximum atomic E-state index is 12.7. The molecule has 3 rings (SSSR count). The minimum absolute atomic E-state index is 0.112. The van der Waals surface area contributed by atoms with Gasteiger partial charge >= 0.3 is 0 Å². The fourth-order valence-corrected chi connectivity index (χ4v) is 3.22. The molecule has 2 aromatic carbocycles. The maximum Gasteiger partial charge on any atom is 0.243 e. The molecule has 0 unspecified atom stereocenters. The number of nitrogens with one attached hydrogen (secondary N) is 1. The lowest BCUT2D eigenvalue weighted by Gasteiger charge is -2.23. The molecule has 142 valence electrons. The van der Waals surface area contributed by atoms with Gasteiger partial charge in [0.25, 0.3) is 0 Å². The molecule has 1 aliphatic heterocycles. The second kappa shape index (κ2) is 7.70. The van der Waals surface area contributed by atoms with Crippen LogP contribution in [0.5, 0.6) is 11.5 Å². The number of anilines is 2. The number of carbonyl (C=O) groups excluding carboxylic acids is 2. The quantitative estimate of drug-likeness (QED) is 0.788. The fraction of sp³-hybridized carbons (Fsp3) is 0.333. The molecule has 6 nitrogen and oxygen atoms in total. The molecule has 27 heavy (non-hydrogen) atoms. The van der Waals surface area contributed by atoms with E-state index in [2.05, 4.69) is 23.5 Å². The van der Waals surface area contributed by atoms with Gasteiger partial charge in [0.05, 0.1) is 12.2 Å². The van der Waals surface area contributed by atoms with Crippen LogP contribution in [0.15, 0.2) is 30.3 Å². The summed E-state index contributed by atoms with van der Waals surface area (Å²) in [7, 11) is 0. The molecule has 0 fully saturated rings. The Labute approximate surface area is 159 Å². The summed E-state index contributed by atoms with van der Waals surface area (Å²) >= 11 is 0. The van der Waals surface area contributed by atoms with Gasteiger partial charge in [0.1, 0.15) is 0 Å². The van der Waals surface area contributed by atoms with Crippen molar-refractivity contribution >= 4 is 23.1 Å². The molecule has 6 heteroatoms. The number of ketones is 1. The average molecular weight is 368 g/mol. The highest BCUT2D eigenvalue weighted by molar-refractivity contribution is 6.05. The van der Waals surface area contributed by atoms with E-state index in [1.807, 2.05) is 25.7 Å². The highest BCUT2D eigenvalue weighted by Crippen LogP contribution is 2.37. The van der Waals surface area contributed by atoms with Gasteiger partial charge < -0.3 is 19.7 Å². The van der Waals surface area contributed by atoms with Crippen molar-refractivity contribution < 1.29 is 19.1 Å². The predicted molar refractivity (Wildman–Crippen MR) is 105 cm³/mol. The van der Waals surface area contributed by atoms with Gasteiger partial charge in [-0.2, -0.15) is 0 Å². The number of carbonyl (C=O) groups is 2. The number of likely N-dealkylation sites (N-methyl/N-ethyl adjacent to an activating group) is 1. The Morgan fingerprint density at radius 2 is 1.67 bits per heavy atom. The van der Waals surface area contributed by atoms with Crippen LogP contribution in [0.4, 0.5) is 11.4 Å². The molecule has 1 aliphatic rings. The van der Waals surface area contributed by atoms with Crippen LogP contribution in [0.3, 0.4) is 0 Å². The van der Waals surface area contributed by atoms with Crippen LogP contribution in [0.1, 0.15) is 35.3 Å². The average Bonchev–Trinajstić information content (AvgIpc) is 3.05. The molecular weight excluding hydrogens is 344 g/mol. The number of Topliss-reactive ketones (excluding diaryl/α,β-unsaturated/α-hetero) is 1. The molecule has 2 aromatic rings. The Bertz CT molecular complexity index is 872. The Kier molecular flexibility index (Phi) is 5.35. The van der Waals surface area contributed by atoms with Crippen molar-refractivity contribution in [3.63, 3.8) is 0 Å². The number of nitrogens with zero attached hydrogens (tertiary/aromatic N) is 1. The molecule has 0 aromatic heterocycles. The summed E-state index contributed by atoms with van der Waals surface area (Å²) in [6.07, 6.45) is 0. The summed E-state index contributed by atoms with van der Waals surface area (Å²) in [6, 6.07) is 9.48. The summed E-state index contributed by atoms with van der Waals surface area (Å²) in [4.78, 5) is 26.6. The minimum atomic E-state index is -0.197. The SMILES string of the molecule is CCN(CC(=O)Nc1cc2c(cc1C(C)=O)OCO2)c1cc(C)cc(C)c1. The molecule has 0 atom stereocenters. The van der Waals surface area contributed by atoms with Crippen molar-refractivity contribution in [1.82, 2.24) is 0 Å². The van der Waals surface area contributed by atoms with Gasteiger partial charge in [0.2, 0.25) is 12.7 Å². The van der Waals surface area contributed by atoms with Crippen molar-refractivity contribution in [3.05, 3.63) is 47.0 Å². The van der Waals surface area contributed by atoms with Crippen molar-refractivity contribution in [1.29, 1.82) is 0 Å². The maximum absolute atomic E-state index is 12.7. The highest BCUT2D eigenvalue weighted by Gasteiger charge is 2.21. The summed E-state index contributed by atoms with van der Waals surface area (Å²) in [5.41, 5.74) is 4.15. The van der Waals surface area contributed by atoms with Crippen LogP contribution in [0.2, 0.25) is 0 Å². The summed E-state index contributed by atoms with van der Waals surface area (Å²) in [6.45, 7) is 8.53. The number of amides is 1. The van der Waals surface area contributed by atoms with Crippen molar-refractivity contribution in [2.45, 2.75) is 27.7 Å². The Hall–Kier alpha value is -3.02. The first kappa shape index (κ1) is 18.8. The van der Waals surface area contributed by atoms with E-state index in [-0.39, 0.29) is 25.0 Å². The number of hydrogen-bond donors (Lipinski definition) is 1. The smallest absolute Gasteiger partial charge is 0.243 e. The molecule has 0 radical (unpaired) electrons. The first-order chi connectivity index (χ1) is 12.9. The first-order valence-corrected chi connectivity index (χ1v) is 8.95. The van der Waals surface area contributed by atoms with Gasteiger partial charge in [-0.25, -0.2) is 0 Å². The van der Waals surface area contributed by atoms with E-state index in [1.165, 1.54) is 6.92 Å². The predicted octanol–water partition coefficient (Wildman–Crippen LogP) is 3.70. The normalized spacial score (nSPS) is 12.0. The van der Waals surface area contributed by atoms with Gasteiger partial charge in [-0.3, -0.25) is 9.59 Å². The van der Waals surface area contributed by atoms with Gasteiger partial charge in [0.15, 0.2) is 17.3 Å². The van der Waals surface area contributed by atoms with E-state index in [9.17, 15) is 9.59 Å². The van der Waals surface area contributed by atoms with E-state index >= 15 is 0 Å². The second-order valence-electron chi connectivity index (χ2n) is 6.72. The van der Waals surface area contributed by atoms with Gasteiger partial charge in [0, 0.05) is 23.9 Å². The molecule has 1 N–H and O–H groups in total. The van der Waals surface area contributed by atoms with Crippen LogP contribution in [0, 0.1) is 13.8 Å². The number of benzene rings is 2. The number of fused-ring (bicyclic) bond motifs is 1. The zero-order chi connectivity index (χ0) is 19.6. The molecule has 0 bridgehead atoms. The monoisotopic (exact) mass is 368 g/mol. The van der Waals surface area contributed by atoms with Crippen LogP contribution < -0.4 is 19.7 Å². The minimum Gasteiger partial charge on any atom is -0.454 e. The van der Waals surface area contributed by atoms with Gasteiger partial charge in [-0.15, -0.1) is 0 Å². The zero-order valence-electron chi connectivity index (χ0n) is 16.1. The Balaban J connectivity index is 1.79. The van der Waals surface area contributed by atoms with Crippen LogP contribution >= 0.6 is 0 Å². The topological polar surface area (TPSA) is 67.9 Å². The van der Waals surface area contributed by atoms with Crippen LogP contribution in [0.25, 0.3) is 0 Å². The molecule has 1 amide bonds. The number of rotatable bonds is 6. The molecule has 0 saturated heterocycles. The van der Waals surface area contributed by atoms with E-state index < -0.39 is 0 Å². The van der Waals surface area contributed by atoms with E-state index in [1.54, 1.807) is 12.1 Å². The largest absolute Gasteiger partial charge is 0.454 e. The van der Waals surface area contributed by atoms with Crippen molar-refractivity contribution in [3.8, 4) is 11.5 Å². The van der Waals surface area contributed by atoms with Gasteiger partial charge in [-0.1, -0.05) is 6.07 Å². The fourth-order valence-electron chi connectivity index (χ4n) is 3.22. The molecule has 1 heterocycles. The van der Waals surface area contributed by atoms with Crippen molar-refractivity contribution in [2.75, 3.05) is 30.1 Å². The number of ether oxygens (including phenoxy) is 2. The standard InChI is InChI=1S/C21H24N2O4/c1-5-23(16-7-13(2)6-14(3)8-16)11-21(25)22-18-10-20-19(26-12-27-20)9-17(18)15(4)24/h6-10H,5,11-12H2,1-4H3,(H,22,25). The lowest BCUT2D eigenvalue weighted by molar-refractivity contribution is -0.115. The summed E-state index contributed by atoms with van der Waals surface area (Å²) in [5, 5.41) is 2.85. The van der Waals surface area contributed by atoms with Gasteiger partial charge in [-0.05, 0) is 57.0 Å². The summed E-state index contributed by atoms with van der Waals surface area (Å²) < 4.78 is 10.7. The lowest BCUT2D eigenvalue weighted by atomic mass is 10.1. The number of aryl methyl sites for hydroxylation is 2. The second-order valence-corrected chi connectivity index (χ2v) is 6.72. The summed E-state index contributed by atoms with van der Waals surface area (Å²) in [5.74, 6) is 0.697. The third-order valence-electron chi connectivity index (χ3n) is 4.45. The molecule has 0 saturated carbocycles. The Morgan fingerprint density at radius 3 is 2.26 bits per heavy atom. The van der Waals surface area contributed by atoms with Crippen molar-refractivity contribution in [2.24, 2.45) is 0 Å². The van der Waals surface area contributed by atoms with E-state index in [0.29, 0.717) is 29.3 Å². The molecule has 0 spiro atoms. The lowest BCUT2D eigenvalue weighted by Crippen LogP contribution is -2.33. The number of hydrogen-bond acceptors (Lipinski definition) is 5. The molecular formula is C21H24N2O4. The molecule has 0 aliphatic carbocycles. The highest BCUT2D eigenvalue weighted by atomic mass is 16.7. The third-order valence-corrected chi connectivity index (χ3v) is 4.45. The third kappa shape index (κ3) is 4.22. The van der Waals surface area contributed by atoms with Crippen LogP contribution in [-0.4, -0.2) is 31.6 Å². The van der Waals surface area contributed by atoms with Crippen LogP contribution in [-0.2, 0) is 4.79 Å². The Morgan fingerprint density at radius 1 is 1.04 bits per heavy atom. The van der Waals surface area contributed by atoms with E-state index in [0.717, 1.165) is 16.8 Å². The zero-order valence-corrected chi connectivity index (χ0v) is 16.1. The van der Waals surface area contributed by atoms with E-state index in [4.69, 9.17) is 9.47 Å².